The van der Waals surface area contributed by atoms with Gasteiger partial charge >= 0.3 is 0 Å². The molecule has 0 radical (unpaired) electrons. The molecule has 1 aliphatic carbocycles. The van der Waals surface area contributed by atoms with Gasteiger partial charge in [-0.3, -0.25) is 4.79 Å². The number of anilines is 1. The van der Waals surface area contributed by atoms with Gasteiger partial charge in [-0.25, -0.2) is 10.4 Å². The van der Waals surface area contributed by atoms with Crippen molar-refractivity contribution in [2.45, 2.75) is 82.3 Å². The first-order valence-electron chi connectivity index (χ1n) is 13.1. The summed E-state index contributed by atoms with van der Waals surface area (Å²) in [5.74, 6) is 1.21. The fourth-order valence-corrected chi connectivity index (χ4v) is 7.68. The third-order valence-electron chi connectivity index (χ3n) is 8.85. The summed E-state index contributed by atoms with van der Waals surface area (Å²) in [6.45, 7) is 5.89. The van der Waals surface area contributed by atoms with Gasteiger partial charge in [0.15, 0.2) is 5.75 Å². The van der Waals surface area contributed by atoms with Crippen molar-refractivity contribution in [1.29, 1.82) is 0 Å². The Morgan fingerprint density at radius 1 is 1.26 bits per heavy atom. The molecule has 34 heavy (non-hydrogen) atoms. The number of carbonyl (C=O) groups is 1. The molecule has 0 aromatic heterocycles. The molecule has 3 heterocycles. The number of aliphatic hydroxyl groups is 1. The molecule has 5 rings (SSSR count). The highest BCUT2D eigenvalue weighted by Crippen LogP contribution is 2.61. The van der Waals surface area contributed by atoms with Gasteiger partial charge in [0.2, 0.25) is 5.91 Å². The molecule has 1 aromatic rings. The molecule has 4 atom stereocenters. The zero-order chi connectivity index (χ0) is 24.0. The lowest BCUT2D eigenvalue weighted by molar-refractivity contribution is -0.139. The van der Waals surface area contributed by atoms with Gasteiger partial charge in [-0.05, 0) is 62.6 Å². The predicted octanol–water partition coefficient (Wildman–Crippen LogP) is 4.06. The number of nitrogens with zero attached hydrogens (tertiary/aromatic N) is 2. The van der Waals surface area contributed by atoms with Gasteiger partial charge in [0.05, 0.1) is 22.9 Å². The number of likely N-dealkylation sites (tertiary alicyclic amines) is 1. The molecule has 1 saturated carbocycles. The number of hydrogen-bond donors (Lipinski definition) is 3. The van der Waals surface area contributed by atoms with Crippen LogP contribution in [-0.4, -0.2) is 65.9 Å². The van der Waals surface area contributed by atoms with Gasteiger partial charge < -0.3 is 20.1 Å². The lowest BCUT2D eigenvalue weighted by Gasteiger charge is -2.53. The fraction of sp³-hybridized carbons (Fsp3) is 0.731. The number of hydrazine groups is 1. The van der Waals surface area contributed by atoms with Crippen molar-refractivity contribution in [2.24, 2.45) is 5.92 Å². The molecule has 0 spiro atoms. The molecule has 8 heteroatoms. The van der Waals surface area contributed by atoms with Gasteiger partial charge in [0, 0.05) is 38.1 Å². The van der Waals surface area contributed by atoms with Crippen LogP contribution in [0.2, 0.25) is 5.02 Å². The summed E-state index contributed by atoms with van der Waals surface area (Å²) in [5.41, 5.74) is 6.98. The van der Waals surface area contributed by atoms with E-state index in [1.54, 1.807) is 0 Å². The Kier molecular flexibility index (Phi) is 6.75. The normalized spacial score (nSPS) is 31.8. The molecule has 1 aromatic carbocycles. The monoisotopic (exact) mass is 490 g/mol. The smallest absolute Gasteiger partial charge is 0.248 e. The van der Waals surface area contributed by atoms with Gasteiger partial charge in [0.1, 0.15) is 6.61 Å². The van der Waals surface area contributed by atoms with Crippen molar-refractivity contribution in [1.82, 2.24) is 15.3 Å². The Balaban J connectivity index is 1.69. The van der Waals surface area contributed by atoms with E-state index >= 15 is 0 Å². The summed E-state index contributed by atoms with van der Waals surface area (Å²) in [7, 11) is 2.08. The SMILES string of the molecule is CCOc1c(Cl)cc(C2CCN(C)N2)c2c1NC1(C3CCCCC3)CCN(C(=O)CO)[C@@H](C)C21. The largest absolute Gasteiger partial charge is 0.490 e. The molecule has 3 N–H and O–H groups in total. The average molecular weight is 491 g/mol. The van der Waals surface area contributed by atoms with Crippen molar-refractivity contribution < 1.29 is 14.6 Å². The second-order valence-electron chi connectivity index (χ2n) is 10.6. The number of ether oxygens (including phenoxy) is 1. The lowest BCUT2D eigenvalue weighted by Crippen LogP contribution is -2.61. The standard InChI is InChI=1S/C26H39ClN4O3/c1-4-34-25-19(27)14-18(20-10-12-30(3)29-20)22-23-16(2)31(21(33)15-32)13-11-26(23,28-24(22)25)17-8-6-5-7-9-17/h14,16-17,20,23,28-29,32H,4-13,15H2,1-3H3/t16-,20?,23?,26?/m0/s1. The quantitative estimate of drug-likeness (QED) is 0.577. The summed E-state index contributed by atoms with van der Waals surface area (Å²) >= 11 is 6.87. The van der Waals surface area contributed by atoms with Crippen molar-refractivity contribution in [2.75, 3.05) is 38.7 Å². The van der Waals surface area contributed by atoms with Crippen LogP contribution in [0.25, 0.3) is 0 Å². The van der Waals surface area contributed by atoms with Gasteiger partial charge in [0.25, 0.3) is 0 Å². The van der Waals surface area contributed by atoms with E-state index in [2.05, 4.69) is 35.8 Å². The molecular formula is C26H39ClN4O3. The Hall–Kier alpha value is -1.54. The number of amides is 1. The number of benzene rings is 1. The summed E-state index contributed by atoms with van der Waals surface area (Å²) in [5, 5.41) is 16.5. The van der Waals surface area contributed by atoms with Crippen LogP contribution in [-0.2, 0) is 4.79 Å². The number of rotatable bonds is 5. The first-order valence-corrected chi connectivity index (χ1v) is 13.4. The van der Waals surface area contributed by atoms with E-state index in [0.717, 1.165) is 30.8 Å². The zero-order valence-electron chi connectivity index (χ0n) is 20.7. The van der Waals surface area contributed by atoms with E-state index in [0.29, 0.717) is 24.1 Å². The van der Waals surface area contributed by atoms with Crippen LogP contribution in [0, 0.1) is 5.92 Å². The van der Waals surface area contributed by atoms with Crippen LogP contribution in [0.1, 0.15) is 81.9 Å². The molecule has 3 fully saturated rings. The minimum absolute atomic E-state index is 0.0300. The molecule has 1 amide bonds. The van der Waals surface area contributed by atoms with Crippen LogP contribution in [0.4, 0.5) is 5.69 Å². The minimum Gasteiger partial charge on any atom is -0.490 e. The van der Waals surface area contributed by atoms with Crippen molar-refractivity contribution >= 4 is 23.2 Å². The van der Waals surface area contributed by atoms with Crippen LogP contribution >= 0.6 is 11.6 Å². The number of aliphatic hydroxyl groups excluding tert-OH is 1. The van der Waals surface area contributed by atoms with E-state index in [4.69, 9.17) is 16.3 Å². The third-order valence-corrected chi connectivity index (χ3v) is 9.13. The lowest BCUT2D eigenvalue weighted by atomic mass is 9.62. The molecule has 7 nitrogen and oxygen atoms in total. The zero-order valence-corrected chi connectivity index (χ0v) is 21.5. The van der Waals surface area contributed by atoms with Gasteiger partial charge in [-0.1, -0.05) is 30.9 Å². The second kappa shape index (κ2) is 9.49. The van der Waals surface area contributed by atoms with E-state index < -0.39 is 6.61 Å². The number of halogens is 1. The van der Waals surface area contributed by atoms with Gasteiger partial charge in [-0.15, -0.1) is 0 Å². The number of piperidine rings is 1. The molecule has 2 saturated heterocycles. The molecule has 4 aliphatic rings. The van der Waals surface area contributed by atoms with Crippen molar-refractivity contribution in [3.8, 4) is 5.75 Å². The molecule has 0 bridgehead atoms. The number of carbonyl (C=O) groups excluding carboxylic acids is 1. The van der Waals surface area contributed by atoms with Gasteiger partial charge in [-0.2, -0.15) is 0 Å². The Labute approximate surface area is 208 Å². The third kappa shape index (κ3) is 3.80. The topological polar surface area (TPSA) is 77.1 Å². The van der Waals surface area contributed by atoms with E-state index in [1.807, 2.05) is 11.8 Å². The molecule has 3 unspecified atom stereocenters. The fourth-order valence-electron chi connectivity index (χ4n) is 7.41. The van der Waals surface area contributed by atoms with Crippen LogP contribution in [0.15, 0.2) is 6.07 Å². The summed E-state index contributed by atoms with van der Waals surface area (Å²) in [4.78, 5) is 14.7. The number of fused-ring (bicyclic) bond motifs is 3. The van der Waals surface area contributed by atoms with Crippen molar-refractivity contribution in [3.05, 3.63) is 22.2 Å². The first-order chi connectivity index (χ1) is 16.4. The summed E-state index contributed by atoms with van der Waals surface area (Å²) in [6, 6.07) is 2.24. The maximum atomic E-state index is 12.8. The highest BCUT2D eigenvalue weighted by atomic mass is 35.5. The maximum Gasteiger partial charge on any atom is 0.248 e. The predicted molar refractivity (Wildman–Crippen MR) is 134 cm³/mol. The van der Waals surface area contributed by atoms with Crippen molar-refractivity contribution in [3.63, 3.8) is 0 Å². The van der Waals surface area contributed by atoms with E-state index in [9.17, 15) is 9.90 Å². The van der Waals surface area contributed by atoms with E-state index in [-0.39, 0.29) is 29.4 Å². The molecule has 188 valence electrons. The second-order valence-corrected chi connectivity index (χ2v) is 11.0. The Morgan fingerprint density at radius 2 is 2.03 bits per heavy atom. The molecular weight excluding hydrogens is 452 g/mol. The maximum absolute atomic E-state index is 12.8. The number of hydrogen-bond acceptors (Lipinski definition) is 6. The Bertz CT molecular complexity index is 937. The van der Waals surface area contributed by atoms with Crippen LogP contribution in [0.3, 0.4) is 0 Å². The highest BCUT2D eigenvalue weighted by molar-refractivity contribution is 6.32. The summed E-state index contributed by atoms with van der Waals surface area (Å²) < 4.78 is 6.14. The minimum atomic E-state index is -0.444. The molecule has 3 aliphatic heterocycles. The van der Waals surface area contributed by atoms with Crippen LogP contribution in [0.5, 0.6) is 5.75 Å². The highest BCUT2D eigenvalue weighted by Gasteiger charge is 2.58. The summed E-state index contributed by atoms with van der Waals surface area (Å²) in [6.07, 6.45) is 8.09. The van der Waals surface area contributed by atoms with E-state index in [1.165, 1.54) is 43.2 Å². The Morgan fingerprint density at radius 3 is 2.68 bits per heavy atom. The first kappa shape index (κ1) is 24.2. The number of nitrogens with one attached hydrogen (secondary N) is 2. The van der Waals surface area contributed by atoms with Crippen LogP contribution < -0.4 is 15.5 Å². The average Bonchev–Trinajstić information content (AvgIpc) is 3.44.